The van der Waals surface area contributed by atoms with Crippen LogP contribution in [0.5, 0.6) is 5.75 Å². The number of anilines is 1. The minimum atomic E-state index is -3.90. The van der Waals surface area contributed by atoms with Gasteiger partial charge in [0.05, 0.1) is 21.9 Å². The molecule has 0 amide bonds. The zero-order chi connectivity index (χ0) is 14.2. The first-order chi connectivity index (χ1) is 8.81. The molecule has 0 radical (unpaired) electrons. The number of sulfonamides is 1. The topological polar surface area (TPSA) is 84.2 Å². The molecule has 2 N–H and O–H groups in total. The Hall–Kier alpha value is -1.44. The molecule has 0 aliphatic heterocycles. The number of benzene rings is 1. The smallest absolute Gasteiger partial charge is 0.280 e. The van der Waals surface area contributed by atoms with Crippen LogP contribution in [-0.2, 0) is 17.1 Å². The van der Waals surface area contributed by atoms with Crippen molar-refractivity contribution in [3.8, 4) is 5.75 Å². The molecule has 102 valence electrons. The van der Waals surface area contributed by atoms with Crippen molar-refractivity contribution in [1.29, 1.82) is 0 Å². The Morgan fingerprint density at radius 2 is 2.00 bits per heavy atom. The molecule has 1 aromatic carbocycles. The number of aryl methyl sites for hydroxylation is 1. The van der Waals surface area contributed by atoms with Gasteiger partial charge in [0.25, 0.3) is 10.0 Å². The van der Waals surface area contributed by atoms with Gasteiger partial charge in [-0.3, -0.25) is 9.40 Å². The van der Waals surface area contributed by atoms with Crippen molar-refractivity contribution in [2.24, 2.45) is 7.05 Å². The Balaban J connectivity index is 2.39. The van der Waals surface area contributed by atoms with Gasteiger partial charge in [-0.05, 0) is 12.1 Å². The second-order valence-electron chi connectivity index (χ2n) is 3.69. The van der Waals surface area contributed by atoms with Gasteiger partial charge in [0.2, 0.25) is 0 Å². The summed E-state index contributed by atoms with van der Waals surface area (Å²) in [4.78, 5) is 0. The lowest BCUT2D eigenvalue weighted by molar-refractivity contribution is 0.476. The standard InChI is InChI=1S/C10H9Cl2N3O3S/c1-15-10(8(12)5-13-15)19(17,18)14-6-2-3-7(11)9(16)4-6/h2-5,14,16H,1H3. The van der Waals surface area contributed by atoms with Gasteiger partial charge in [0.15, 0.2) is 5.03 Å². The minimum absolute atomic E-state index is 0.00758. The fourth-order valence-electron chi connectivity index (χ4n) is 1.48. The highest BCUT2D eigenvalue weighted by Crippen LogP contribution is 2.28. The lowest BCUT2D eigenvalue weighted by Gasteiger charge is -2.09. The van der Waals surface area contributed by atoms with Crippen LogP contribution in [0.25, 0.3) is 0 Å². The molecular formula is C10H9Cl2N3O3S. The maximum absolute atomic E-state index is 12.1. The van der Waals surface area contributed by atoms with Crippen molar-refractivity contribution < 1.29 is 13.5 Å². The second-order valence-corrected chi connectivity index (χ2v) is 6.11. The van der Waals surface area contributed by atoms with E-state index < -0.39 is 10.0 Å². The minimum Gasteiger partial charge on any atom is -0.506 e. The summed E-state index contributed by atoms with van der Waals surface area (Å²) in [6.45, 7) is 0. The molecule has 2 rings (SSSR count). The van der Waals surface area contributed by atoms with E-state index in [-0.39, 0.29) is 26.5 Å². The molecule has 0 spiro atoms. The predicted octanol–water partition coefficient (Wildman–Crippen LogP) is 2.23. The summed E-state index contributed by atoms with van der Waals surface area (Å²) in [6.07, 6.45) is 1.23. The molecule has 6 nitrogen and oxygen atoms in total. The van der Waals surface area contributed by atoms with Crippen LogP contribution >= 0.6 is 23.2 Å². The first-order valence-corrected chi connectivity index (χ1v) is 7.24. The first kappa shape index (κ1) is 14.0. The van der Waals surface area contributed by atoms with E-state index in [1.807, 2.05) is 0 Å². The Labute approximate surface area is 119 Å². The van der Waals surface area contributed by atoms with Gasteiger partial charge in [-0.25, -0.2) is 0 Å². The average Bonchev–Trinajstić information content (AvgIpc) is 2.64. The molecule has 9 heteroatoms. The van der Waals surface area contributed by atoms with Gasteiger partial charge in [0.1, 0.15) is 5.75 Å². The van der Waals surface area contributed by atoms with Gasteiger partial charge >= 0.3 is 0 Å². The maximum atomic E-state index is 12.1. The van der Waals surface area contributed by atoms with E-state index in [4.69, 9.17) is 23.2 Å². The van der Waals surface area contributed by atoms with Crippen molar-refractivity contribution in [2.45, 2.75) is 5.03 Å². The molecule has 0 bridgehead atoms. The first-order valence-electron chi connectivity index (χ1n) is 5.00. The Morgan fingerprint density at radius 3 is 2.53 bits per heavy atom. The normalized spacial score (nSPS) is 11.5. The summed E-state index contributed by atoms with van der Waals surface area (Å²) >= 11 is 11.4. The molecule has 0 aliphatic carbocycles. The molecule has 1 heterocycles. The van der Waals surface area contributed by atoms with E-state index in [0.717, 1.165) is 4.68 Å². The van der Waals surface area contributed by atoms with Crippen LogP contribution in [0.15, 0.2) is 29.4 Å². The van der Waals surface area contributed by atoms with Gasteiger partial charge in [-0.15, -0.1) is 0 Å². The lowest BCUT2D eigenvalue weighted by atomic mass is 10.3. The predicted molar refractivity (Wildman–Crippen MR) is 72.1 cm³/mol. The Kier molecular flexibility index (Phi) is 3.62. The van der Waals surface area contributed by atoms with Gasteiger partial charge in [-0.2, -0.15) is 13.5 Å². The fourth-order valence-corrected chi connectivity index (χ4v) is 3.31. The number of aromatic hydroxyl groups is 1. The Morgan fingerprint density at radius 1 is 1.32 bits per heavy atom. The van der Waals surface area contributed by atoms with Gasteiger partial charge in [0, 0.05) is 13.1 Å². The van der Waals surface area contributed by atoms with E-state index in [2.05, 4.69) is 9.82 Å². The van der Waals surface area contributed by atoms with Crippen molar-refractivity contribution >= 4 is 38.9 Å². The van der Waals surface area contributed by atoms with Crippen LogP contribution in [-0.4, -0.2) is 23.3 Å². The lowest BCUT2D eigenvalue weighted by Crippen LogP contribution is -2.17. The number of hydrogen-bond acceptors (Lipinski definition) is 4. The van der Waals surface area contributed by atoms with Crippen LogP contribution in [0.3, 0.4) is 0 Å². The van der Waals surface area contributed by atoms with E-state index in [0.29, 0.717) is 0 Å². The molecule has 0 unspecified atom stereocenters. The molecule has 19 heavy (non-hydrogen) atoms. The number of rotatable bonds is 3. The highest BCUT2D eigenvalue weighted by atomic mass is 35.5. The molecule has 0 aliphatic rings. The maximum Gasteiger partial charge on any atom is 0.280 e. The number of nitrogens with zero attached hydrogens (tertiary/aromatic N) is 2. The molecule has 2 aromatic rings. The van der Waals surface area contributed by atoms with E-state index in [1.54, 1.807) is 0 Å². The average molecular weight is 322 g/mol. The SMILES string of the molecule is Cn1ncc(Cl)c1S(=O)(=O)Nc1ccc(Cl)c(O)c1. The summed E-state index contributed by atoms with van der Waals surface area (Å²) in [5.41, 5.74) is 0.166. The molecule has 1 aromatic heterocycles. The zero-order valence-corrected chi connectivity index (χ0v) is 12.0. The summed E-state index contributed by atoms with van der Waals surface area (Å²) in [5, 5.41) is 13.1. The largest absolute Gasteiger partial charge is 0.506 e. The van der Waals surface area contributed by atoms with Crippen molar-refractivity contribution in [1.82, 2.24) is 9.78 Å². The number of phenols is 1. The van der Waals surface area contributed by atoms with Gasteiger partial charge in [-0.1, -0.05) is 23.2 Å². The number of aromatic nitrogens is 2. The zero-order valence-electron chi connectivity index (χ0n) is 9.63. The van der Waals surface area contributed by atoms with Crippen LogP contribution < -0.4 is 4.72 Å². The Bertz CT molecular complexity index is 708. The third kappa shape index (κ3) is 2.78. The molecule has 0 saturated heterocycles. The van der Waals surface area contributed by atoms with Crippen LogP contribution in [0.4, 0.5) is 5.69 Å². The van der Waals surface area contributed by atoms with Gasteiger partial charge < -0.3 is 5.11 Å². The number of halogens is 2. The monoisotopic (exact) mass is 321 g/mol. The number of hydrogen-bond donors (Lipinski definition) is 2. The van der Waals surface area contributed by atoms with E-state index in [1.165, 1.54) is 31.4 Å². The van der Waals surface area contributed by atoms with Crippen LogP contribution in [0.2, 0.25) is 10.0 Å². The number of phenolic OH excluding ortho intramolecular Hbond substituents is 1. The second kappa shape index (κ2) is 4.92. The summed E-state index contributed by atoms with van der Waals surface area (Å²) in [7, 11) is -2.44. The van der Waals surface area contributed by atoms with Crippen molar-refractivity contribution in [2.75, 3.05) is 4.72 Å². The molecule has 0 fully saturated rings. The summed E-state index contributed by atoms with van der Waals surface area (Å²) < 4.78 is 27.7. The third-order valence-electron chi connectivity index (χ3n) is 2.30. The number of nitrogens with one attached hydrogen (secondary N) is 1. The molecular weight excluding hydrogens is 313 g/mol. The third-order valence-corrected chi connectivity index (χ3v) is 4.50. The molecule has 0 saturated carbocycles. The fraction of sp³-hybridized carbons (Fsp3) is 0.100. The van der Waals surface area contributed by atoms with Crippen LogP contribution in [0.1, 0.15) is 0 Å². The highest BCUT2D eigenvalue weighted by molar-refractivity contribution is 7.92. The van der Waals surface area contributed by atoms with Crippen molar-refractivity contribution in [3.63, 3.8) is 0 Å². The quantitative estimate of drug-likeness (QED) is 0.907. The molecule has 0 atom stereocenters. The summed E-state index contributed by atoms with van der Waals surface area (Å²) in [5.74, 6) is -0.224. The van der Waals surface area contributed by atoms with Crippen LogP contribution in [0, 0.1) is 0 Å². The summed E-state index contributed by atoms with van der Waals surface area (Å²) in [6, 6.07) is 3.99. The van der Waals surface area contributed by atoms with E-state index in [9.17, 15) is 13.5 Å². The highest BCUT2D eigenvalue weighted by Gasteiger charge is 2.23. The van der Waals surface area contributed by atoms with E-state index >= 15 is 0 Å². The van der Waals surface area contributed by atoms with Crippen molar-refractivity contribution in [3.05, 3.63) is 34.4 Å².